The lowest BCUT2D eigenvalue weighted by molar-refractivity contribution is 0.907. The van der Waals surface area contributed by atoms with E-state index in [1.54, 1.807) is 0 Å². The van der Waals surface area contributed by atoms with Crippen molar-refractivity contribution in [1.29, 1.82) is 0 Å². The first-order valence-corrected chi connectivity index (χ1v) is 16.8. The van der Waals surface area contributed by atoms with Crippen LogP contribution in [0.5, 0.6) is 0 Å². The van der Waals surface area contributed by atoms with E-state index in [0.29, 0.717) is 5.92 Å². The van der Waals surface area contributed by atoms with Gasteiger partial charge in [-0.3, -0.25) is 0 Å². The SMILES string of the molecule is C1=c2c(n(-c3ccc4ccccc4c3)c3ccccc23)=CCC1c1ccc(-c2ccc3c(c2)c2ccccc2n3-c2ccccc2)cc1. The Morgan fingerprint density at radius 1 is 0.438 bits per heavy atom. The summed E-state index contributed by atoms with van der Waals surface area (Å²) in [5.74, 6) is 0.328. The molecule has 1 atom stereocenters. The molecule has 2 aromatic heterocycles. The van der Waals surface area contributed by atoms with Gasteiger partial charge < -0.3 is 9.13 Å². The van der Waals surface area contributed by atoms with E-state index in [2.05, 4.69) is 185 Å². The van der Waals surface area contributed by atoms with E-state index in [9.17, 15) is 0 Å². The van der Waals surface area contributed by atoms with Crippen LogP contribution in [0, 0.1) is 0 Å². The van der Waals surface area contributed by atoms with Crippen LogP contribution >= 0.6 is 0 Å². The van der Waals surface area contributed by atoms with Crippen LogP contribution in [-0.2, 0) is 0 Å². The van der Waals surface area contributed by atoms with E-state index in [1.165, 1.54) is 82.1 Å². The Morgan fingerprint density at radius 3 is 1.94 bits per heavy atom. The molecule has 0 fully saturated rings. The zero-order chi connectivity index (χ0) is 31.6. The summed E-state index contributed by atoms with van der Waals surface area (Å²) in [6, 6.07) is 59.8. The van der Waals surface area contributed by atoms with E-state index < -0.39 is 0 Å². The second-order valence-electron chi connectivity index (χ2n) is 12.9. The second-order valence-corrected chi connectivity index (χ2v) is 12.9. The molecule has 1 aliphatic rings. The van der Waals surface area contributed by atoms with Gasteiger partial charge in [-0.1, -0.05) is 127 Å². The van der Waals surface area contributed by atoms with Crippen molar-refractivity contribution in [2.24, 2.45) is 0 Å². The molecule has 226 valence electrons. The minimum Gasteiger partial charge on any atom is -0.310 e. The average Bonchev–Trinajstić information content (AvgIpc) is 3.67. The first-order valence-electron chi connectivity index (χ1n) is 16.8. The summed E-state index contributed by atoms with van der Waals surface area (Å²) in [5.41, 5.74) is 9.95. The van der Waals surface area contributed by atoms with Crippen LogP contribution < -0.4 is 10.6 Å². The Kier molecular flexibility index (Phi) is 6.04. The number of aromatic nitrogens is 2. The minimum atomic E-state index is 0.328. The van der Waals surface area contributed by atoms with E-state index >= 15 is 0 Å². The van der Waals surface area contributed by atoms with Crippen molar-refractivity contribution in [3.05, 3.63) is 180 Å². The van der Waals surface area contributed by atoms with Crippen molar-refractivity contribution >= 4 is 55.6 Å². The molecule has 2 heterocycles. The second kappa shape index (κ2) is 10.7. The molecule has 9 aromatic rings. The van der Waals surface area contributed by atoms with Crippen molar-refractivity contribution in [2.45, 2.75) is 12.3 Å². The number of benzene rings is 7. The van der Waals surface area contributed by atoms with Crippen LogP contribution in [0.2, 0.25) is 0 Å². The van der Waals surface area contributed by atoms with E-state index in [1.807, 2.05) is 0 Å². The molecule has 0 N–H and O–H groups in total. The Morgan fingerprint density at radius 2 is 1.10 bits per heavy atom. The Balaban J connectivity index is 1.03. The van der Waals surface area contributed by atoms with Gasteiger partial charge in [-0.25, -0.2) is 0 Å². The maximum absolute atomic E-state index is 2.49. The summed E-state index contributed by atoms with van der Waals surface area (Å²) in [4.78, 5) is 0. The van der Waals surface area contributed by atoms with E-state index in [-0.39, 0.29) is 0 Å². The molecule has 0 bridgehead atoms. The Hall–Kier alpha value is -6.12. The number of hydrogen-bond donors (Lipinski definition) is 0. The Bertz CT molecular complexity index is 2800. The number of hydrogen-bond acceptors (Lipinski definition) is 0. The molecular weight excluding hydrogens is 581 g/mol. The fourth-order valence-corrected chi connectivity index (χ4v) is 7.93. The van der Waals surface area contributed by atoms with Gasteiger partial charge >= 0.3 is 0 Å². The van der Waals surface area contributed by atoms with Gasteiger partial charge in [0.25, 0.3) is 0 Å². The van der Waals surface area contributed by atoms with Gasteiger partial charge in [-0.2, -0.15) is 0 Å². The molecule has 48 heavy (non-hydrogen) atoms. The van der Waals surface area contributed by atoms with Crippen molar-refractivity contribution < 1.29 is 0 Å². The van der Waals surface area contributed by atoms with Crippen molar-refractivity contribution in [1.82, 2.24) is 9.13 Å². The third kappa shape index (κ3) is 4.19. The zero-order valence-corrected chi connectivity index (χ0v) is 26.4. The molecule has 1 unspecified atom stereocenters. The van der Waals surface area contributed by atoms with Crippen LogP contribution in [0.25, 0.3) is 78.1 Å². The fourth-order valence-electron chi connectivity index (χ4n) is 7.93. The molecule has 7 aromatic carbocycles. The molecule has 0 saturated heterocycles. The van der Waals surface area contributed by atoms with Crippen LogP contribution in [0.3, 0.4) is 0 Å². The van der Waals surface area contributed by atoms with Crippen LogP contribution in [0.15, 0.2) is 164 Å². The molecule has 10 rings (SSSR count). The summed E-state index contributed by atoms with van der Waals surface area (Å²) in [7, 11) is 0. The maximum atomic E-state index is 2.49. The lowest BCUT2D eigenvalue weighted by Gasteiger charge is -2.15. The highest BCUT2D eigenvalue weighted by molar-refractivity contribution is 6.10. The largest absolute Gasteiger partial charge is 0.310 e. The summed E-state index contributed by atoms with van der Waals surface area (Å²) in [6.45, 7) is 0. The molecule has 2 heteroatoms. The molecule has 0 radical (unpaired) electrons. The zero-order valence-electron chi connectivity index (χ0n) is 26.4. The van der Waals surface area contributed by atoms with Crippen molar-refractivity contribution in [3.8, 4) is 22.5 Å². The normalized spacial score (nSPS) is 14.3. The number of nitrogens with zero attached hydrogens (tertiary/aromatic N) is 2. The fraction of sp³-hybridized carbons (Fsp3) is 0.0435. The molecule has 1 aliphatic carbocycles. The van der Waals surface area contributed by atoms with Gasteiger partial charge in [0.1, 0.15) is 0 Å². The highest BCUT2D eigenvalue weighted by atomic mass is 15.0. The Labute approximate surface area is 278 Å². The average molecular weight is 613 g/mol. The van der Waals surface area contributed by atoms with Crippen LogP contribution in [0.1, 0.15) is 17.9 Å². The number of fused-ring (bicyclic) bond motifs is 7. The summed E-state index contributed by atoms with van der Waals surface area (Å²) < 4.78 is 4.82. The van der Waals surface area contributed by atoms with E-state index in [4.69, 9.17) is 0 Å². The molecular formula is C46H32N2. The molecule has 0 amide bonds. The van der Waals surface area contributed by atoms with Gasteiger partial charge in [-0.05, 0) is 82.4 Å². The predicted molar refractivity (Wildman–Crippen MR) is 203 cm³/mol. The maximum Gasteiger partial charge on any atom is 0.0541 e. The standard InChI is InChI=1S/C46H32N2/c1-2-12-37(13-3-1)47-43-16-8-6-14-39(43)41-29-35(23-26-45(41)47)32-18-20-33(21-19-32)36-24-27-46-42(30-36)40-15-7-9-17-44(40)48(46)38-25-22-31-10-4-5-11-34(31)28-38/h1-23,25-30,36H,24H2. The smallest absolute Gasteiger partial charge is 0.0541 e. The van der Waals surface area contributed by atoms with Crippen molar-refractivity contribution in [3.63, 3.8) is 0 Å². The molecule has 0 aliphatic heterocycles. The molecule has 2 nitrogen and oxygen atoms in total. The number of para-hydroxylation sites is 3. The lowest BCUT2D eigenvalue weighted by Crippen LogP contribution is -2.31. The third-order valence-corrected chi connectivity index (χ3v) is 10.2. The molecule has 0 spiro atoms. The van der Waals surface area contributed by atoms with Gasteiger partial charge in [-0.15, -0.1) is 0 Å². The highest BCUT2D eigenvalue weighted by Gasteiger charge is 2.18. The van der Waals surface area contributed by atoms with Gasteiger partial charge in [0.05, 0.1) is 16.6 Å². The first-order chi connectivity index (χ1) is 23.8. The summed E-state index contributed by atoms with van der Waals surface area (Å²) in [5, 5.41) is 9.02. The van der Waals surface area contributed by atoms with Gasteiger partial charge in [0.15, 0.2) is 0 Å². The lowest BCUT2D eigenvalue weighted by atomic mass is 9.90. The van der Waals surface area contributed by atoms with Gasteiger partial charge in [0.2, 0.25) is 0 Å². The van der Waals surface area contributed by atoms with Crippen LogP contribution in [-0.4, -0.2) is 9.13 Å². The topological polar surface area (TPSA) is 9.86 Å². The van der Waals surface area contributed by atoms with E-state index in [0.717, 1.165) is 6.42 Å². The molecule has 0 saturated carbocycles. The summed E-state index contributed by atoms with van der Waals surface area (Å²) in [6.07, 6.45) is 5.91. The quantitative estimate of drug-likeness (QED) is 0.187. The third-order valence-electron chi connectivity index (χ3n) is 10.2. The first kappa shape index (κ1) is 27.0. The predicted octanol–water partition coefficient (Wildman–Crippen LogP) is 10.3. The number of rotatable bonds is 4. The van der Waals surface area contributed by atoms with Crippen LogP contribution in [0.4, 0.5) is 0 Å². The summed E-state index contributed by atoms with van der Waals surface area (Å²) >= 11 is 0. The minimum absolute atomic E-state index is 0.328. The van der Waals surface area contributed by atoms with Gasteiger partial charge in [0, 0.05) is 44.0 Å². The highest BCUT2D eigenvalue weighted by Crippen LogP contribution is 2.35. The monoisotopic (exact) mass is 612 g/mol. The van der Waals surface area contributed by atoms with Crippen molar-refractivity contribution in [2.75, 3.05) is 0 Å².